The van der Waals surface area contributed by atoms with Gasteiger partial charge in [-0.1, -0.05) is 29.5 Å². The Hall–Kier alpha value is -0.960. The second kappa shape index (κ2) is 6.49. The summed E-state index contributed by atoms with van der Waals surface area (Å²) >= 11 is 0. The number of nitrogens with zero attached hydrogens (tertiary/aromatic N) is 1. The van der Waals surface area contributed by atoms with Crippen LogP contribution >= 0.6 is 0 Å². The van der Waals surface area contributed by atoms with E-state index in [4.69, 9.17) is 4.74 Å². The lowest BCUT2D eigenvalue weighted by Gasteiger charge is -2.19. The van der Waals surface area contributed by atoms with E-state index in [1.807, 2.05) is 0 Å². The first kappa shape index (κ1) is 11.1. The van der Waals surface area contributed by atoms with Crippen LogP contribution in [-0.2, 0) is 4.74 Å². The molecule has 0 bridgehead atoms. The van der Waals surface area contributed by atoms with Crippen molar-refractivity contribution in [3.8, 4) is 0 Å². The fourth-order valence-electron chi connectivity index (χ4n) is 1.50. The molecule has 3 heteroatoms. The number of ether oxygens (including phenoxy) is 1. The van der Waals surface area contributed by atoms with Gasteiger partial charge in [0.2, 0.25) is 0 Å². The highest BCUT2D eigenvalue weighted by Gasteiger charge is 2.13. The molecule has 0 saturated carbocycles. The van der Waals surface area contributed by atoms with E-state index in [-0.39, 0.29) is 0 Å². The van der Waals surface area contributed by atoms with Gasteiger partial charge in [-0.25, -0.2) is 0 Å². The molecule has 1 aliphatic rings. The van der Waals surface area contributed by atoms with E-state index in [2.05, 4.69) is 23.9 Å². The molecule has 0 aromatic carbocycles. The Balaban J connectivity index is 2.09. The summed E-state index contributed by atoms with van der Waals surface area (Å²) in [5.74, 6) is 0.462. The van der Waals surface area contributed by atoms with Gasteiger partial charge < -0.3 is 4.74 Å². The third kappa shape index (κ3) is 3.83. The Bertz CT molecular complexity index is 223. The van der Waals surface area contributed by atoms with Crippen LogP contribution in [0.5, 0.6) is 0 Å². The summed E-state index contributed by atoms with van der Waals surface area (Å²) in [6, 6.07) is 0. The number of hydrogen-bond acceptors (Lipinski definition) is 3. The van der Waals surface area contributed by atoms with Crippen molar-refractivity contribution in [2.24, 2.45) is 11.1 Å². The van der Waals surface area contributed by atoms with E-state index in [1.54, 1.807) is 0 Å². The second-order valence-corrected chi connectivity index (χ2v) is 3.53. The summed E-state index contributed by atoms with van der Waals surface area (Å²) in [4.78, 5) is 9.79. The lowest BCUT2D eigenvalue weighted by Crippen LogP contribution is -2.14. The molecule has 1 atom stereocenters. The number of allylic oxidation sites excluding steroid dienone is 2. The van der Waals surface area contributed by atoms with Crippen molar-refractivity contribution in [3.05, 3.63) is 29.2 Å². The van der Waals surface area contributed by atoms with Crippen LogP contribution in [0.3, 0.4) is 0 Å². The van der Waals surface area contributed by atoms with Gasteiger partial charge in [0.25, 0.3) is 0 Å². The SMILES string of the molecule is C=C1C=CCCC1COCCCN=O. The molecular weight excluding hydrogens is 178 g/mol. The summed E-state index contributed by atoms with van der Waals surface area (Å²) in [6.07, 6.45) is 7.18. The minimum absolute atomic E-state index is 0.353. The molecule has 0 amide bonds. The van der Waals surface area contributed by atoms with Gasteiger partial charge >= 0.3 is 0 Å². The summed E-state index contributed by atoms with van der Waals surface area (Å²) in [7, 11) is 0. The molecule has 1 rings (SSSR count). The lowest BCUT2D eigenvalue weighted by molar-refractivity contribution is 0.107. The maximum absolute atomic E-state index is 9.79. The number of hydrogen-bond donors (Lipinski definition) is 0. The summed E-state index contributed by atoms with van der Waals surface area (Å²) in [5.41, 5.74) is 1.16. The van der Waals surface area contributed by atoms with Crippen LogP contribution < -0.4 is 0 Å². The fourth-order valence-corrected chi connectivity index (χ4v) is 1.50. The minimum Gasteiger partial charge on any atom is -0.381 e. The maximum Gasteiger partial charge on any atom is 0.0833 e. The third-order valence-corrected chi connectivity index (χ3v) is 2.40. The van der Waals surface area contributed by atoms with Gasteiger partial charge in [-0.15, -0.1) is 0 Å². The van der Waals surface area contributed by atoms with E-state index < -0.39 is 0 Å². The van der Waals surface area contributed by atoms with Gasteiger partial charge in [-0.3, -0.25) is 0 Å². The van der Waals surface area contributed by atoms with Gasteiger partial charge in [-0.2, -0.15) is 4.91 Å². The zero-order valence-electron chi connectivity index (χ0n) is 8.45. The summed E-state index contributed by atoms with van der Waals surface area (Å²) < 4.78 is 5.45. The smallest absolute Gasteiger partial charge is 0.0833 e. The zero-order chi connectivity index (χ0) is 10.2. The van der Waals surface area contributed by atoms with E-state index >= 15 is 0 Å². The predicted molar refractivity (Wildman–Crippen MR) is 57.1 cm³/mol. The van der Waals surface area contributed by atoms with Crippen LogP contribution in [0.1, 0.15) is 19.3 Å². The van der Waals surface area contributed by atoms with Gasteiger partial charge in [0.05, 0.1) is 13.2 Å². The van der Waals surface area contributed by atoms with Crippen LogP contribution in [0.2, 0.25) is 0 Å². The van der Waals surface area contributed by atoms with E-state index in [9.17, 15) is 4.91 Å². The first-order chi connectivity index (χ1) is 6.84. The Morgan fingerprint density at radius 1 is 1.64 bits per heavy atom. The maximum atomic E-state index is 9.79. The standard InChI is InChI=1S/C11H17NO2/c1-10-5-2-3-6-11(10)9-14-8-4-7-12-13/h2,5,11H,1,3-4,6-9H2. The third-order valence-electron chi connectivity index (χ3n) is 2.40. The Labute approximate surface area is 84.8 Å². The molecule has 0 N–H and O–H groups in total. The quantitative estimate of drug-likeness (QED) is 0.482. The molecular formula is C11H17NO2. The second-order valence-electron chi connectivity index (χ2n) is 3.53. The van der Waals surface area contributed by atoms with E-state index in [0.717, 1.165) is 31.4 Å². The Morgan fingerprint density at radius 3 is 3.21 bits per heavy atom. The van der Waals surface area contributed by atoms with Crippen molar-refractivity contribution in [1.82, 2.24) is 0 Å². The Kier molecular flexibility index (Phi) is 5.15. The molecule has 0 fully saturated rings. The van der Waals surface area contributed by atoms with Crippen molar-refractivity contribution in [2.75, 3.05) is 19.8 Å². The Morgan fingerprint density at radius 2 is 2.50 bits per heavy atom. The first-order valence-electron chi connectivity index (χ1n) is 5.07. The van der Waals surface area contributed by atoms with Crippen molar-refractivity contribution in [2.45, 2.75) is 19.3 Å². The topological polar surface area (TPSA) is 38.7 Å². The molecule has 0 spiro atoms. The molecule has 3 nitrogen and oxygen atoms in total. The van der Waals surface area contributed by atoms with E-state index in [0.29, 0.717) is 19.1 Å². The van der Waals surface area contributed by atoms with Crippen LogP contribution in [0.15, 0.2) is 29.5 Å². The highest BCUT2D eigenvalue weighted by atomic mass is 16.5. The molecule has 14 heavy (non-hydrogen) atoms. The predicted octanol–water partition coefficient (Wildman–Crippen LogP) is 2.68. The highest BCUT2D eigenvalue weighted by Crippen LogP contribution is 2.22. The van der Waals surface area contributed by atoms with Gasteiger partial charge in [-0.05, 0) is 19.3 Å². The van der Waals surface area contributed by atoms with Gasteiger partial charge in [0, 0.05) is 12.5 Å². The molecule has 0 heterocycles. The summed E-state index contributed by atoms with van der Waals surface area (Å²) in [5, 5.41) is 2.78. The van der Waals surface area contributed by atoms with Crippen molar-refractivity contribution < 1.29 is 4.74 Å². The van der Waals surface area contributed by atoms with Crippen LogP contribution in [0.4, 0.5) is 0 Å². The zero-order valence-corrected chi connectivity index (χ0v) is 8.45. The first-order valence-corrected chi connectivity index (χ1v) is 5.07. The largest absolute Gasteiger partial charge is 0.381 e. The molecule has 0 aromatic rings. The fraction of sp³-hybridized carbons (Fsp3) is 0.636. The molecule has 1 unspecified atom stereocenters. The lowest BCUT2D eigenvalue weighted by atomic mass is 9.91. The van der Waals surface area contributed by atoms with Gasteiger partial charge in [0.15, 0.2) is 0 Å². The average Bonchev–Trinajstić information content (AvgIpc) is 2.20. The molecule has 0 saturated heterocycles. The normalized spacial score (nSPS) is 21.1. The molecule has 0 aliphatic heterocycles. The van der Waals surface area contributed by atoms with E-state index in [1.165, 1.54) is 0 Å². The highest BCUT2D eigenvalue weighted by molar-refractivity contribution is 5.21. The van der Waals surface area contributed by atoms with Crippen LogP contribution in [-0.4, -0.2) is 19.8 Å². The molecule has 0 radical (unpaired) electrons. The monoisotopic (exact) mass is 195 g/mol. The van der Waals surface area contributed by atoms with Gasteiger partial charge in [0.1, 0.15) is 0 Å². The average molecular weight is 195 g/mol. The molecule has 78 valence electrons. The van der Waals surface area contributed by atoms with Crippen molar-refractivity contribution >= 4 is 0 Å². The van der Waals surface area contributed by atoms with Crippen molar-refractivity contribution in [3.63, 3.8) is 0 Å². The van der Waals surface area contributed by atoms with Crippen LogP contribution in [0, 0.1) is 10.8 Å². The molecule has 0 aromatic heterocycles. The van der Waals surface area contributed by atoms with Crippen molar-refractivity contribution in [1.29, 1.82) is 0 Å². The number of nitroso groups, excluding NO2 is 1. The minimum atomic E-state index is 0.353. The summed E-state index contributed by atoms with van der Waals surface area (Å²) in [6.45, 7) is 5.68. The van der Waals surface area contributed by atoms with Crippen LogP contribution in [0.25, 0.3) is 0 Å². The molecule has 1 aliphatic carbocycles. The number of rotatable bonds is 6.